The van der Waals surface area contributed by atoms with Crippen molar-refractivity contribution in [3.63, 3.8) is 0 Å². The predicted molar refractivity (Wildman–Crippen MR) is 49.8 cm³/mol. The Morgan fingerprint density at radius 1 is 1.38 bits per heavy atom. The molecule has 0 aliphatic rings. The molecule has 0 aliphatic carbocycles. The van der Waals surface area contributed by atoms with Crippen molar-refractivity contribution >= 4 is 22.5 Å². The lowest BCUT2D eigenvalue weighted by atomic mass is 10.2. The highest BCUT2D eigenvalue weighted by Gasteiger charge is 2.03. The maximum absolute atomic E-state index is 11.3. The Kier molecular flexibility index (Phi) is 2.02. The van der Waals surface area contributed by atoms with E-state index in [1.54, 1.807) is 18.2 Å². The lowest BCUT2D eigenvalue weighted by molar-refractivity contribution is 0.462. The van der Waals surface area contributed by atoms with E-state index in [-0.39, 0.29) is 17.4 Å². The summed E-state index contributed by atoms with van der Waals surface area (Å²) < 4.78 is 4.84. The smallest absolute Gasteiger partial charge is 0.346 e. The fourth-order valence-corrected chi connectivity index (χ4v) is 1.23. The topological polar surface area (TPSA) is 43.1 Å². The van der Waals surface area contributed by atoms with Crippen molar-refractivity contribution in [2.45, 2.75) is 5.88 Å². The van der Waals surface area contributed by atoms with Crippen LogP contribution in [0.5, 0.6) is 0 Å². The van der Waals surface area contributed by atoms with E-state index in [1.807, 2.05) is 6.07 Å². The van der Waals surface area contributed by atoms with Crippen LogP contribution in [0.25, 0.3) is 10.9 Å². The van der Waals surface area contributed by atoms with Crippen LogP contribution in [-0.2, 0) is 5.88 Å². The number of hydrogen-bond donors (Lipinski definition) is 0. The zero-order chi connectivity index (χ0) is 9.26. The summed E-state index contributed by atoms with van der Waals surface area (Å²) in [6.07, 6.45) is 0. The van der Waals surface area contributed by atoms with Crippen LogP contribution in [0.2, 0.25) is 0 Å². The Hall–Kier alpha value is -1.35. The number of hydrogen-bond acceptors (Lipinski definition) is 3. The van der Waals surface area contributed by atoms with Gasteiger partial charge in [-0.1, -0.05) is 12.1 Å². The van der Waals surface area contributed by atoms with Crippen LogP contribution in [0.3, 0.4) is 0 Å². The van der Waals surface area contributed by atoms with E-state index in [0.29, 0.717) is 10.9 Å². The van der Waals surface area contributed by atoms with Gasteiger partial charge in [-0.25, -0.2) is 9.78 Å². The molecule has 1 heterocycles. The van der Waals surface area contributed by atoms with Crippen molar-refractivity contribution in [3.05, 3.63) is 40.6 Å². The van der Waals surface area contributed by atoms with Gasteiger partial charge in [0.1, 0.15) is 0 Å². The molecule has 0 bridgehead atoms. The molecule has 3 nitrogen and oxygen atoms in total. The number of nitrogens with zero attached hydrogens (tertiary/aromatic N) is 1. The van der Waals surface area contributed by atoms with Crippen molar-refractivity contribution in [2.24, 2.45) is 0 Å². The number of fused-ring (bicyclic) bond motifs is 1. The van der Waals surface area contributed by atoms with Crippen molar-refractivity contribution < 1.29 is 4.42 Å². The zero-order valence-electron chi connectivity index (χ0n) is 6.66. The van der Waals surface area contributed by atoms with Gasteiger partial charge in [-0.15, -0.1) is 11.6 Å². The maximum Gasteiger partial charge on any atom is 0.346 e. The second kappa shape index (κ2) is 3.18. The quantitative estimate of drug-likeness (QED) is 0.653. The van der Waals surface area contributed by atoms with Gasteiger partial charge in [-0.3, -0.25) is 0 Å². The highest BCUT2D eigenvalue weighted by molar-refractivity contribution is 6.16. The van der Waals surface area contributed by atoms with E-state index in [1.165, 1.54) is 0 Å². The molecule has 0 aliphatic heterocycles. The summed E-state index contributed by atoms with van der Waals surface area (Å²) in [7, 11) is 0. The highest BCUT2D eigenvalue weighted by atomic mass is 35.5. The van der Waals surface area contributed by atoms with Crippen molar-refractivity contribution in [1.29, 1.82) is 0 Å². The molecule has 0 amide bonds. The number of aromatic nitrogens is 1. The molecule has 0 saturated heterocycles. The Balaban J connectivity index is 2.85. The minimum absolute atomic E-state index is 0.111. The third-order valence-electron chi connectivity index (χ3n) is 1.69. The summed E-state index contributed by atoms with van der Waals surface area (Å²) >= 11 is 5.50. The third-order valence-corrected chi connectivity index (χ3v) is 1.92. The predicted octanol–water partition coefficient (Wildman–Crippen LogP) is 1.93. The fourth-order valence-electron chi connectivity index (χ4n) is 1.12. The van der Waals surface area contributed by atoms with Gasteiger partial charge in [0.05, 0.1) is 16.8 Å². The molecule has 1 aromatic heterocycles. The van der Waals surface area contributed by atoms with Gasteiger partial charge < -0.3 is 4.42 Å². The number of benzene rings is 1. The van der Waals surface area contributed by atoms with Crippen LogP contribution in [-0.4, -0.2) is 4.98 Å². The lowest BCUT2D eigenvalue weighted by Crippen LogP contribution is -2.03. The number of rotatable bonds is 1. The van der Waals surface area contributed by atoms with Gasteiger partial charge in [0.25, 0.3) is 0 Å². The number of halogens is 1. The van der Waals surface area contributed by atoms with Crippen LogP contribution < -0.4 is 5.63 Å². The summed E-state index contributed by atoms with van der Waals surface area (Å²) in [4.78, 5) is 15.3. The largest absolute Gasteiger partial charge is 0.407 e. The van der Waals surface area contributed by atoms with Gasteiger partial charge in [-0.05, 0) is 12.1 Å². The molecule has 0 fully saturated rings. The first-order chi connectivity index (χ1) is 6.31. The molecule has 2 aromatic rings. The molecule has 0 unspecified atom stereocenters. The normalized spacial score (nSPS) is 10.5. The molecule has 66 valence electrons. The van der Waals surface area contributed by atoms with E-state index in [0.717, 1.165) is 0 Å². The van der Waals surface area contributed by atoms with Crippen molar-refractivity contribution in [3.8, 4) is 0 Å². The van der Waals surface area contributed by atoms with Crippen LogP contribution in [0.4, 0.5) is 0 Å². The van der Waals surface area contributed by atoms with Gasteiger partial charge >= 0.3 is 5.63 Å². The Bertz CT molecular complexity index is 492. The van der Waals surface area contributed by atoms with Crippen LogP contribution in [0.1, 0.15) is 5.89 Å². The summed E-state index contributed by atoms with van der Waals surface area (Å²) in [5, 5.41) is 0.483. The molecule has 4 heteroatoms. The molecule has 0 saturated carbocycles. The molecular weight excluding hydrogens is 190 g/mol. The van der Waals surface area contributed by atoms with Crippen LogP contribution in [0, 0.1) is 0 Å². The Labute approximate surface area is 79.0 Å². The standard InChI is InChI=1S/C9H6ClNO2/c10-5-8-11-7-4-2-1-3-6(7)9(12)13-8/h1-4H,5H2. The summed E-state index contributed by atoms with van der Waals surface area (Å²) in [6.45, 7) is 0. The first-order valence-electron chi connectivity index (χ1n) is 3.76. The molecule has 0 spiro atoms. The summed E-state index contributed by atoms with van der Waals surface area (Å²) in [5.74, 6) is 0.366. The lowest BCUT2D eigenvalue weighted by Gasteiger charge is -1.96. The van der Waals surface area contributed by atoms with Crippen LogP contribution in [0.15, 0.2) is 33.5 Å². The summed E-state index contributed by atoms with van der Waals surface area (Å²) in [6, 6.07) is 7.00. The second-order valence-corrected chi connectivity index (χ2v) is 2.81. The molecule has 13 heavy (non-hydrogen) atoms. The Morgan fingerprint density at radius 2 is 2.15 bits per heavy atom. The van der Waals surface area contributed by atoms with Gasteiger partial charge in [-0.2, -0.15) is 0 Å². The molecule has 0 atom stereocenters. The molecule has 2 rings (SSSR count). The van der Waals surface area contributed by atoms with E-state index >= 15 is 0 Å². The molecule has 1 aromatic carbocycles. The minimum Gasteiger partial charge on any atom is -0.407 e. The first-order valence-corrected chi connectivity index (χ1v) is 4.29. The average Bonchev–Trinajstić information content (AvgIpc) is 2.18. The van der Waals surface area contributed by atoms with Crippen LogP contribution >= 0.6 is 11.6 Å². The number of para-hydroxylation sites is 1. The van der Waals surface area contributed by atoms with E-state index < -0.39 is 0 Å². The monoisotopic (exact) mass is 195 g/mol. The van der Waals surface area contributed by atoms with Gasteiger partial charge in [0.2, 0.25) is 5.89 Å². The molecule has 0 N–H and O–H groups in total. The summed E-state index contributed by atoms with van der Waals surface area (Å²) in [5.41, 5.74) is 0.232. The van der Waals surface area contributed by atoms with E-state index in [9.17, 15) is 4.79 Å². The molecule has 0 radical (unpaired) electrons. The van der Waals surface area contributed by atoms with E-state index in [4.69, 9.17) is 16.0 Å². The molecular formula is C9H6ClNO2. The third kappa shape index (κ3) is 1.42. The number of alkyl halides is 1. The van der Waals surface area contributed by atoms with Crippen molar-refractivity contribution in [1.82, 2.24) is 4.98 Å². The SMILES string of the molecule is O=c1oc(CCl)nc2ccccc12. The maximum atomic E-state index is 11.3. The van der Waals surface area contributed by atoms with Crippen molar-refractivity contribution in [2.75, 3.05) is 0 Å². The minimum atomic E-state index is -0.388. The average molecular weight is 196 g/mol. The highest BCUT2D eigenvalue weighted by Crippen LogP contribution is 2.07. The van der Waals surface area contributed by atoms with Gasteiger partial charge in [0.15, 0.2) is 0 Å². The second-order valence-electron chi connectivity index (χ2n) is 2.55. The fraction of sp³-hybridized carbons (Fsp3) is 0.111. The van der Waals surface area contributed by atoms with E-state index in [2.05, 4.69) is 4.98 Å². The zero-order valence-corrected chi connectivity index (χ0v) is 7.41. The first kappa shape index (κ1) is 8.26. The Morgan fingerprint density at radius 3 is 2.92 bits per heavy atom. The van der Waals surface area contributed by atoms with Gasteiger partial charge in [0, 0.05) is 0 Å².